The highest BCUT2D eigenvalue weighted by Gasteiger charge is 2.17. The number of rotatable bonds is 2. The normalized spacial score (nSPS) is 12.8. The van der Waals surface area contributed by atoms with Crippen molar-refractivity contribution in [2.75, 3.05) is 0 Å². The first-order chi connectivity index (χ1) is 3.42. The fraction of sp³-hybridized carbons (Fsp3) is 1.00. The Balaban J connectivity index is 3.39. The summed E-state index contributed by atoms with van der Waals surface area (Å²) in [7, 11) is -1.25. The van der Waals surface area contributed by atoms with Gasteiger partial charge in [-0.2, -0.15) is 11.1 Å². The van der Waals surface area contributed by atoms with E-state index in [1.807, 2.05) is 0 Å². The Kier molecular flexibility index (Phi) is 3.06. The molecule has 0 aliphatic heterocycles. The van der Waals surface area contributed by atoms with Gasteiger partial charge in [-0.25, -0.2) is 0 Å². The van der Waals surface area contributed by atoms with E-state index in [0.717, 1.165) is 5.92 Å². The molecule has 0 aromatic carbocycles. The third-order valence-corrected chi connectivity index (χ3v) is 3.14. The quantitative estimate of drug-likeness (QED) is 0.419. The van der Waals surface area contributed by atoms with Crippen LogP contribution in [0.4, 0.5) is 0 Å². The second-order valence-electron chi connectivity index (χ2n) is 3.32. The zero-order chi connectivity index (χ0) is 6.78. The molecule has 0 N–H and O–H groups in total. The van der Waals surface area contributed by atoms with E-state index < -0.39 is 7.38 Å². The highest BCUT2D eigenvalue weighted by atomic mass is 35.6. The SMILES string of the molecule is CC(C)C[Si](C)(C)Cl. The van der Waals surface area contributed by atoms with Crippen LogP contribution in [0.25, 0.3) is 0 Å². The molecule has 0 rings (SSSR count). The lowest BCUT2D eigenvalue weighted by molar-refractivity contribution is 0.725. The van der Waals surface area contributed by atoms with Crippen LogP contribution in [-0.2, 0) is 0 Å². The molecule has 0 aliphatic carbocycles. The molecule has 0 amide bonds. The Labute approximate surface area is 58.0 Å². The molecule has 0 aromatic heterocycles. The van der Waals surface area contributed by atoms with Crippen molar-refractivity contribution in [1.82, 2.24) is 0 Å². The van der Waals surface area contributed by atoms with Crippen molar-refractivity contribution < 1.29 is 0 Å². The Morgan fingerprint density at radius 3 is 1.75 bits per heavy atom. The third-order valence-electron chi connectivity index (χ3n) is 0.894. The monoisotopic (exact) mass is 150 g/mol. The van der Waals surface area contributed by atoms with Crippen LogP contribution in [-0.4, -0.2) is 7.38 Å². The predicted molar refractivity (Wildman–Crippen MR) is 43.0 cm³/mol. The van der Waals surface area contributed by atoms with Crippen molar-refractivity contribution in [2.45, 2.75) is 33.0 Å². The van der Waals surface area contributed by atoms with Crippen LogP contribution in [0, 0.1) is 5.92 Å². The van der Waals surface area contributed by atoms with Crippen LogP contribution in [0.1, 0.15) is 13.8 Å². The van der Waals surface area contributed by atoms with Crippen LogP contribution in [0.5, 0.6) is 0 Å². The average Bonchev–Trinajstić information content (AvgIpc) is 1.21. The zero-order valence-corrected chi connectivity index (χ0v) is 7.92. The summed E-state index contributed by atoms with van der Waals surface area (Å²) in [5, 5.41) is 0. The van der Waals surface area contributed by atoms with E-state index in [2.05, 4.69) is 26.9 Å². The lowest BCUT2D eigenvalue weighted by Gasteiger charge is -2.14. The second-order valence-corrected chi connectivity index (χ2v) is 10.2. The molecule has 0 bridgehead atoms. The molecule has 0 unspecified atom stereocenters. The van der Waals surface area contributed by atoms with Crippen LogP contribution >= 0.6 is 11.1 Å². The van der Waals surface area contributed by atoms with E-state index in [1.165, 1.54) is 6.04 Å². The lowest BCUT2D eigenvalue weighted by atomic mass is 10.3. The van der Waals surface area contributed by atoms with Crippen molar-refractivity contribution in [3.63, 3.8) is 0 Å². The van der Waals surface area contributed by atoms with Crippen molar-refractivity contribution in [2.24, 2.45) is 5.92 Å². The maximum atomic E-state index is 6.07. The van der Waals surface area contributed by atoms with Gasteiger partial charge in [0, 0.05) is 0 Å². The van der Waals surface area contributed by atoms with E-state index in [9.17, 15) is 0 Å². The summed E-state index contributed by atoms with van der Waals surface area (Å²) in [6.45, 7) is 8.82. The van der Waals surface area contributed by atoms with E-state index in [0.29, 0.717) is 0 Å². The van der Waals surface area contributed by atoms with E-state index in [4.69, 9.17) is 11.1 Å². The molecular weight excluding hydrogens is 136 g/mol. The van der Waals surface area contributed by atoms with Gasteiger partial charge in [0.05, 0.1) is 0 Å². The highest BCUT2D eigenvalue weighted by Crippen LogP contribution is 2.19. The summed E-state index contributed by atoms with van der Waals surface area (Å²) >= 11 is 6.07. The largest absolute Gasteiger partial charge is 0.168 e. The first kappa shape index (κ1) is 8.51. The Morgan fingerprint density at radius 2 is 1.75 bits per heavy atom. The van der Waals surface area contributed by atoms with Crippen molar-refractivity contribution in [3.8, 4) is 0 Å². The van der Waals surface area contributed by atoms with E-state index >= 15 is 0 Å². The van der Waals surface area contributed by atoms with Crippen molar-refractivity contribution >= 4 is 18.5 Å². The third kappa shape index (κ3) is 6.51. The molecule has 0 saturated heterocycles. The van der Waals surface area contributed by atoms with Gasteiger partial charge in [-0.3, -0.25) is 0 Å². The molecule has 8 heavy (non-hydrogen) atoms. The number of hydrogen-bond donors (Lipinski definition) is 0. The molecule has 0 aliphatic rings. The molecular formula is C6H15ClSi. The van der Waals surface area contributed by atoms with Crippen molar-refractivity contribution in [3.05, 3.63) is 0 Å². The molecule has 0 aromatic rings. The molecule has 0 heterocycles. The Hall–Kier alpha value is 0.507. The topological polar surface area (TPSA) is 0 Å². The molecule has 2 heteroatoms. The minimum atomic E-state index is -1.25. The summed E-state index contributed by atoms with van der Waals surface area (Å²) in [6, 6.07) is 1.23. The zero-order valence-electron chi connectivity index (χ0n) is 6.16. The van der Waals surface area contributed by atoms with Gasteiger partial charge in [0.15, 0.2) is 7.38 Å². The minimum absolute atomic E-state index is 0.772. The Morgan fingerprint density at radius 1 is 1.38 bits per heavy atom. The molecule has 0 radical (unpaired) electrons. The van der Waals surface area contributed by atoms with Crippen LogP contribution < -0.4 is 0 Å². The number of halogens is 1. The fourth-order valence-electron chi connectivity index (χ4n) is 0.971. The van der Waals surface area contributed by atoms with Gasteiger partial charge in [-0.1, -0.05) is 26.9 Å². The maximum Gasteiger partial charge on any atom is 0.150 e. The summed E-state index contributed by atoms with van der Waals surface area (Å²) in [5.74, 6) is 0.772. The second kappa shape index (κ2) is 2.88. The first-order valence-corrected chi connectivity index (χ1v) is 7.32. The minimum Gasteiger partial charge on any atom is -0.168 e. The average molecular weight is 151 g/mol. The molecule has 0 saturated carbocycles. The van der Waals surface area contributed by atoms with Gasteiger partial charge in [0.25, 0.3) is 0 Å². The molecule has 0 spiro atoms. The van der Waals surface area contributed by atoms with E-state index in [-0.39, 0.29) is 0 Å². The Bertz CT molecular complexity index is 63.4. The van der Waals surface area contributed by atoms with Crippen LogP contribution in [0.3, 0.4) is 0 Å². The van der Waals surface area contributed by atoms with Gasteiger partial charge < -0.3 is 0 Å². The summed E-state index contributed by atoms with van der Waals surface area (Å²) in [5.41, 5.74) is 0. The van der Waals surface area contributed by atoms with Gasteiger partial charge in [0.1, 0.15) is 0 Å². The van der Waals surface area contributed by atoms with E-state index in [1.54, 1.807) is 0 Å². The molecule has 50 valence electrons. The van der Waals surface area contributed by atoms with Crippen molar-refractivity contribution in [1.29, 1.82) is 0 Å². The van der Waals surface area contributed by atoms with Gasteiger partial charge in [-0.15, -0.1) is 0 Å². The first-order valence-electron chi connectivity index (χ1n) is 3.11. The lowest BCUT2D eigenvalue weighted by Crippen LogP contribution is -2.18. The number of hydrogen-bond acceptors (Lipinski definition) is 0. The summed E-state index contributed by atoms with van der Waals surface area (Å²) < 4.78 is 0. The summed E-state index contributed by atoms with van der Waals surface area (Å²) in [6.07, 6.45) is 0. The van der Waals surface area contributed by atoms with Gasteiger partial charge in [0.2, 0.25) is 0 Å². The molecule has 0 fully saturated rings. The van der Waals surface area contributed by atoms with Crippen LogP contribution in [0.15, 0.2) is 0 Å². The summed E-state index contributed by atoms with van der Waals surface area (Å²) in [4.78, 5) is 0. The smallest absolute Gasteiger partial charge is 0.150 e. The molecule has 0 nitrogen and oxygen atoms in total. The standard InChI is InChI=1S/C6H15ClSi/c1-6(2)5-8(3,4)7/h6H,5H2,1-4H3. The maximum absolute atomic E-state index is 6.07. The highest BCUT2D eigenvalue weighted by molar-refractivity contribution is 7.19. The van der Waals surface area contributed by atoms with Gasteiger partial charge >= 0.3 is 0 Å². The van der Waals surface area contributed by atoms with Crippen LogP contribution in [0.2, 0.25) is 19.1 Å². The fourth-order valence-corrected chi connectivity index (χ4v) is 3.84. The predicted octanol–water partition coefficient (Wildman–Crippen LogP) is 3.09. The van der Waals surface area contributed by atoms with Gasteiger partial charge in [-0.05, 0) is 12.0 Å². The molecule has 0 atom stereocenters.